The molecule has 2 N–H and O–H groups in total. The average molecular weight is 235 g/mol. The molecule has 84 valence electrons. The number of aromatic nitrogens is 2. The van der Waals surface area contributed by atoms with E-state index < -0.39 is 0 Å². The zero-order chi connectivity index (χ0) is 11.4. The third-order valence-electron chi connectivity index (χ3n) is 2.15. The van der Waals surface area contributed by atoms with Crippen LogP contribution in [0.4, 0.5) is 5.13 Å². The number of benzene rings is 1. The van der Waals surface area contributed by atoms with Gasteiger partial charge in [-0.1, -0.05) is 30.4 Å². The second-order valence-electron chi connectivity index (χ2n) is 3.32. The maximum atomic E-state index is 5.60. The van der Waals surface area contributed by atoms with Crippen LogP contribution in [0.25, 0.3) is 0 Å². The molecule has 0 bridgehead atoms. The average Bonchev–Trinajstić information content (AvgIpc) is 2.73. The highest BCUT2D eigenvalue weighted by atomic mass is 32.1. The van der Waals surface area contributed by atoms with Gasteiger partial charge in [-0.2, -0.15) is 0 Å². The lowest BCUT2D eigenvalue weighted by Crippen LogP contribution is -1.95. The van der Waals surface area contributed by atoms with Crippen molar-refractivity contribution in [2.24, 2.45) is 0 Å². The monoisotopic (exact) mass is 235 g/mol. The third kappa shape index (κ3) is 2.70. The van der Waals surface area contributed by atoms with Crippen molar-refractivity contribution in [3.8, 4) is 5.75 Å². The Morgan fingerprint density at radius 3 is 2.94 bits per heavy atom. The molecule has 0 saturated carbocycles. The van der Waals surface area contributed by atoms with Gasteiger partial charge in [-0.05, 0) is 24.1 Å². The molecule has 1 aromatic heterocycles. The predicted molar refractivity (Wildman–Crippen MR) is 64.5 cm³/mol. The van der Waals surface area contributed by atoms with Crippen molar-refractivity contribution >= 4 is 16.5 Å². The number of anilines is 1. The minimum Gasteiger partial charge on any atom is -0.486 e. The van der Waals surface area contributed by atoms with E-state index in [1.165, 1.54) is 16.9 Å². The van der Waals surface area contributed by atoms with Crippen LogP contribution < -0.4 is 10.5 Å². The molecule has 1 heterocycles. The van der Waals surface area contributed by atoms with E-state index in [0.717, 1.165) is 17.2 Å². The first-order valence-corrected chi connectivity index (χ1v) is 5.89. The fourth-order valence-electron chi connectivity index (χ4n) is 1.33. The molecule has 0 saturated heterocycles. The van der Waals surface area contributed by atoms with Crippen LogP contribution in [-0.4, -0.2) is 10.2 Å². The maximum absolute atomic E-state index is 5.60. The highest BCUT2D eigenvalue weighted by molar-refractivity contribution is 7.15. The molecule has 0 amide bonds. The molecule has 0 aliphatic carbocycles. The van der Waals surface area contributed by atoms with E-state index >= 15 is 0 Å². The summed E-state index contributed by atoms with van der Waals surface area (Å²) in [6.45, 7) is 2.53. The zero-order valence-corrected chi connectivity index (χ0v) is 9.83. The van der Waals surface area contributed by atoms with Crippen molar-refractivity contribution in [1.82, 2.24) is 10.2 Å². The standard InChI is InChI=1S/C11H13N3OS/c1-2-8-4-3-5-9(6-8)15-7-10-13-14-11(12)16-10/h3-6H,2,7H2,1H3,(H2,12,14). The zero-order valence-electron chi connectivity index (χ0n) is 9.01. The van der Waals surface area contributed by atoms with Crippen molar-refractivity contribution < 1.29 is 4.74 Å². The van der Waals surface area contributed by atoms with Gasteiger partial charge in [0.1, 0.15) is 12.4 Å². The molecule has 0 aliphatic heterocycles. The van der Waals surface area contributed by atoms with Crippen LogP contribution in [0.3, 0.4) is 0 Å². The number of aryl methyl sites for hydroxylation is 1. The third-order valence-corrected chi connectivity index (χ3v) is 2.88. The minimum atomic E-state index is 0.419. The summed E-state index contributed by atoms with van der Waals surface area (Å²) >= 11 is 1.35. The number of hydrogen-bond donors (Lipinski definition) is 1. The summed E-state index contributed by atoms with van der Waals surface area (Å²) in [5.41, 5.74) is 6.74. The van der Waals surface area contributed by atoms with Gasteiger partial charge in [0.05, 0.1) is 0 Å². The summed E-state index contributed by atoms with van der Waals surface area (Å²) in [6.07, 6.45) is 1.00. The van der Waals surface area contributed by atoms with Crippen LogP contribution in [0.5, 0.6) is 5.75 Å². The molecule has 0 fully saturated rings. The van der Waals surface area contributed by atoms with Crippen LogP contribution in [0, 0.1) is 0 Å². The summed E-state index contributed by atoms with van der Waals surface area (Å²) in [5.74, 6) is 0.855. The van der Waals surface area contributed by atoms with E-state index in [1.54, 1.807) is 0 Å². The Kier molecular flexibility index (Phi) is 3.36. The van der Waals surface area contributed by atoms with E-state index in [4.69, 9.17) is 10.5 Å². The first-order chi connectivity index (χ1) is 7.78. The predicted octanol–water partition coefficient (Wildman–Crippen LogP) is 2.26. The van der Waals surface area contributed by atoms with Crippen molar-refractivity contribution in [2.45, 2.75) is 20.0 Å². The summed E-state index contributed by atoms with van der Waals surface area (Å²) in [4.78, 5) is 0. The Bertz CT molecular complexity index is 470. The van der Waals surface area contributed by atoms with E-state index in [9.17, 15) is 0 Å². The number of nitrogens with two attached hydrogens (primary N) is 1. The Balaban J connectivity index is 1.99. The SMILES string of the molecule is CCc1cccc(OCc2nnc(N)s2)c1. The van der Waals surface area contributed by atoms with Gasteiger partial charge in [0.15, 0.2) is 5.01 Å². The Labute approximate surface area is 98.1 Å². The lowest BCUT2D eigenvalue weighted by atomic mass is 10.2. The Morgan fingerprint density at radius 1 is 1.38 bits per heavy atom. The molecular formula is C11H13N3OS. The Hall–Kier alpha value is -1.62. The summed E-state index contributed by atoms with van der Waals surface area (Å²) < 4.78 is 5.60. The van der Waals surface area contributed by atoms with Crippen LogP contribution in [-0.2, 0) is 13.0 Å². The van der Waals surface area contributed by atoms with Gasteiger partial charge in [-0.25, -0.2) is 0 Å². The van der Waals surface area contributed by atoms with Gasteiger partial charge < -0.3 is 10.5 Å². The number of rotatable bonds is 4. The molecule has 0 aliphatic rings. The largest absolute Gasteiger partial charge is 0.486 e. The van der Waals surface area contributed by atoms with Crippen LogP contribution in [0.2, 0.25) is 0 Å². The van der Waals surface area contributed by atoms with E-state index in [0.29, 0.717) is 11.7 Å². The van der Waals surface area contributed by atoms with Gasteiger partial charge in [0, 0.05) is 0 Å². The molecule has 0 spiro atoms. The van der Waals surface area contributed by atoms with Gasteiger partial charge in [0.25, 0.3) is 0 Å². The molecular weight excluding hydrogens is 222 g/mol. The van der Waals surface area contributed by atoms with Gasteiger partial charge >= 0.3 is 0 Å². The van der Waals surface area contributed by atoms with Gasteiger partial charge in [0.2, 0.25) is 5.13 Å². The highest BCUT2D eigenvalue weighted by Gasteiger charge is 2.02. The molecule has 1 aromatic carbocycles. The van der Waals surface area contributed by atoms with Crippen LogP contribution in [0.15, 0.2) is 24.3 Å². The fourth-order valence-corrected chi connectivity index (χ4v) is 1.85. The number of ether oxygens (including phenoxy) is 1. The van der Waals surface area contributed by atoms with Crippen molar-refractivity contribution in [1.29, 1.82) is 0 Å². The molecule has 4 nitrogen and oxygen atoms in total. The molecule has 16 heavy (non-hydrogen) atoms. The smallest absolute Gasteiger partial charge is 0.203 e. The molecule has 5 heteroatoms. The quantitative estimate of drug-likeness (QED) is 0.883. The van der Waals surface area contributed by atoms with Crippen molar-refractivity contribution in [3.63, 3.8) is 0 Å². The fraction of sp³-hybridized carbons (Fsp3) is 0.273. The van der Waals surface area contributed by atoms with Gasteiger partial charge in [-0.3, -0.25) is 0 Å². The number of hydrogen-bond acceptors (Lipinski definition) is 5. The van der Waals surface area contributed by atoms with Crippen molar-refractivity contribution in [3.05, 3.63) is 34.8 Å². The maximum Gasteiger partial charge on any atom is 0.203 e. The second kappa shape index (κ2) is 4.94. The van der Waals surface area contributed by atoms with Crippen LogP contribution >= 0.6 is 11.3 Å². The van der Waals surface area contributed by atoms with E-state index in [-0.39, 0.29) is 0 Å². The molecule has 0 unspecified atom stereocenters. The Morgan fingerprint density at radius 2 is 2.25 bits per heavy atom. The topological polar surface area (TPSA) is 61.0 Å². The van der Waals surface area contributed by atoms with Crippen molar-refractivity contribution in [2.75, 3.05) is 5.73 Å². The number of nitrogens with zero attached hydrogens (tertiary/aromatic N) is 2. The summed E-state index contributed by atoms with van der Waals surface area (Å²) in [7, 11) is 0. The van der Waals surface area contributed by atoms with E-state index in [1.807, 2.05) is 18.2 Å². The molecule has 2 rings (SSSR count). The number of nitrogen functional groups attached to an aromatic ring is 1. The second-order valence-corrected chi connectivity index (χ2v) is 4.42. The van der Waals surface area contributed by atoms with Gasteiger partial charge in [-0.15, -0.1) is 10.2 Å². The highest BCUT2D eigenvalue weighted by Crippen LogP contribution is 2.17. The molecule has 0 atom stereocenters. The first kappa shape index (κ1) is 10.9. The summed E-state index contributed by atoms with van der Waals surface area (Å²) in [5, 5.41) is 8.89. The minimum absolute atomic E-state index is 0.419. The van der Waals surface area contributed by atoms with E-state index in [2.05, 4.69) is 23.2 Å². The normalized spacial score (nSPS) is 10.3. The first-order valence-electron chi connectivity index (χ1n) is 5.07. The lowest BCUT2D eigenvalue weighted by molar-refractivity contribution is 0.304. The summed E-state index contributed by atoms with van der Waals surface area (Å²) in [6, 6.07) is 8.03. The van der Waals surface area contributed by atoms with Crippen LogP contribution in [0.1, 0.15) is 17.5 Å². The molecule has 2 aromatic rings. The molecule has 0 radical (unpaired) electrons. The lowest BCUT2D eigenvalue weighted by Gasteiger charge is -2.04.